The average molecular weight is 214 g/mol. The molecule has 0 aromatic carbocycles. The number of ether oxygens (including phenoxy) is 1. The van der Waals surface area contributed by atoms with Gasteiger partial charge in [0.15, 0.2) is 0 Å². The van der Waals surface area contributed by atoms with Crippen molar-refractivity contribution < 1.29 is 4.74 Å². The first kappa shape index (κ1) is 12.9. The van der Waals surface area contributed by atoms with Gasteiger partial charge in [-0.3, -0.25) is 4.90 Å². The molecule has 1 heterocycles. The van der Waals surface area contributed by atoms with Gasteiger partial charge in [-0.1, -0.05) is 13.3 Å². The third-order valence-corrected chi connectivity index (χ3v) is 3.12. The SMILES string of the molecule is CCCC(COC)N1CCCNC(C)C1. The third-order valence-electron chi connectivity index (χ3n) is 3.12. The van der Waals surface area contributed by atoms with Crippen molar-refractivity contribution in [2.75, 3.05) is 33.4 Å². The van der Waals surface area contributed by atoms with Crippen molar-refractivity contribution in [3.05, 3.63) is 0 Å². The Labute approximate surface area is 94.2 Å². The minimum Gasteiger partial charge on any atom is -0.383 e. The zero-order valence-electron chi connectivity index (χ0n) is 10.5. The topological polar surface area (TPSA) is 24.5 Å². The van der Waals surface area contributed by atoms with Crippen molar-refractivity contribution in [1.29, 1.82) is 0 Å². The molecule has 0 amide bonds. The highest BCUT2D eigenvalue weighted by atomic mass is 16.5. The summed E-state index contributed by atoms with van der Waals surface area (Å²) in [6.07, 6.45) is 3.75. The molecule has 1 aliphatic rings. The zero-order valence-corrected chi connectivity index (χ0v) is 10.5. The maximum atomic E-state index is 5.32. The molecule has 1 aliphatic heterocycles. The third kappa shape index (κ3) is 4.49. The van der Waals surface area contributed by atoms with Gasteiger partial charge in [-0.25, -0.2) is 0 Å². The molecule has 0 bridgehead atoms. The fourth-order valence-corrected chi connectivity index (χ4v) is 2.37. The highest BCUT2D eigenvalue weighted by Crippen LogP contribution is 2.11. The molecule has 3 heteroatoms. The van der Waals surface area contributed by atoms with Crippen LogP contribution in [0, 0.1) is 0 Å². The number of rotatable bonds is 5. The maximum Gasteiger partial charge on any atom is 0.0618 e. The van der Waals surface area contributed by atoms with Gasteiger partial charge in [-0.2, -0.15) is 0 Å². The average Bonchev–Trinajstić information content (AvgIpc) is 2.42. The van der Waals surface area contributed by atoms with Gasteiger partial charge in [0.25, 0.3) is 0 Å². The van der Waals surface area contributed by atoms with E-state index in [9.17, 15) is 0 Å². The molecule has 0 saturated carbocycles. The molecule has 2 unspecified atom stereocenters. The van der Waals surface area contributed by atoms with Gasteiger partial charge in [-0.05, 0) is 32.9 Å². The fraction of sp³-hybridized carbons (Fsp3) is 1.00. The molecule has 0 radical (unpaired) electrons. The molecule has 0 aromatic heterocycles. The second-order valence-corrected chi connectivity index (χ2v) is 4.60. The minimum atomic E-state index is 0.613. The summed E-state index contributed by atoms with van der Waals surface area (Å²) in [5.41, 5.74) is 0. The lowest BCUT2D eigenvalue weighted by atomic mass is 10.1. The molecule has 1 saturated heterocycles. The van der Waals surface area contributed by atoms with Gasteiger partial charge in [-0.15, -0.1) is 0 Å². The van der Waals surface area contributed by atoms with Crippen LogP contribution in [0.25, 0.3) is 0 Å². The Morgan fingerprint density at radius 1 is 1.53 bits per heavy atom. The first-order valence-electron chi connectivity index (χ1n) is 6.24. The quantitative estimate of drug-likeness (QED) is 0.750. The summed E-state index contributed by atoms with van der Waals surface area (Å²) in [4.78, 5) is 2.59. The molecule has 1 rings (SSSR count). The Balaban J connectivity index is 2.47. The lowest BCUT2D eigenvalue weighted by Gasteiger charge is -2.31. The maximum absolute atomic E-state index is 5.32. The zero-order chi connectivity index (χ0) is 11.1. The van der Waals surface area contributed by atoms with E-state index >= 15 is 0 Å². The van der Waals surface area contributed by atoms with Gasteiger partial charge >= 0.3 is 0 Å². The standard InChI is InChI=1S/C12H26N2O/c1-4-6-12(10-15-3)14-8-5-7-13-11(2)9-14/h11-13H,4-10H2,1-3H3. The normalized spacial score (nSPS) is 26.2. The minimum absolute atomic E-state index is 0.613. The van der Waals surface area contributed by atoms with E-state index in [2.05, 4.69) is 24.1 Å². The van der Waals surface area contributed by atoms with Crippen molar-refractivity contribution in [2.45, 2.75) is 45.2 Å². The molecule has 0 aliphatic carbocycles. The Morgan fingerprint density at radius 2 is 2.33 bits per heavy atom. The number of hydrogen-bond donors (Lipinski definition) is 1. The predicted octanol–water partition coefficient (Wildman–Crippen LogP) is 1.49. The van der Waals surface area contributed by atoms with Crippen LogP contribution in [0.2, 0.25) is 0 Å². The summed E-state index contributed by atoms with van der Waals surface area (Å²) in [7, 11) is 1.81. The number of methoxy groups -OCH3 is 1. The molecule has 0 aromatic rings. The molecular formula is C12H26N2O. The Bertz CT molecular complexity index is 158. The van der Waals surface area contributed by atoms with Crippen molar-refractivity contribution in [2.24, 2.45) is 0 Å². The van der Waals surface area contributed by atoms with Gasteiger partial charge in [0.05, 0.1) is 6.61 Å². The van der Waals surface area contributed by atoms with Crippen molar-refractivity contribution in [3.63, 3.8) is 0 Å². The fourth-order valence-electron chi connectivity index (χ4n) is 2.37. The summed E-state index contributed by atoms with van der Waals surface area (Å²) >= 11 is 0. The van der Waals surface area contributed by atoms with E-state index in [1.165, 1.54) is 25.8 Å². The Morgan fingerprint density at radius 3 is 3.00 bits per heavy atom. The van der Waals surface area contributed by atoms with Crippen LogP contribution in [-0.4, -0.2) is 50.3 Å². The molecule has 0 spiro atoms. The van der Waals surface area contributed by atoms with E-state index in [0.29, 0.717) is 12.1 Å². The Hall–Kier alpha value is -0.120. The summed E-state index contributed by atoms with van der Waals surface area (Å²) in [5, 5.41) is 3.53. The van der Waals surface area contributed by atoms with Gasteiger partial charge in [0.2, 0.25) is 0 Å². The van der Waals surface area contributed by atoms with Crippen molar-refractivity contribution >= 4 is 0 Å². The lowest BCUT2D eigenvalue weighted by Crippen LogP contribution is -2.43. The van der Waals surface area contributed by atoms with Gasteiger partial charge in [0, 0.05) is 25.7 Å². The highest BCUT2D eigenvalue weighted by molar-refractivity contribution is 4.78. The van der Waals surface area contributed by atoms with Crippen LogP contribution in [0.3, 0.4) is 0 Å². The largest absolute Gasteiger partial charge is 0.383 e. The predicted molar refractivity (Wildman–Crippen MR) is 64.2 cm³/mol. The summed E-state index contributed by atoms with van der Waals surface area (Å²) in [6, 6.07) is 1.23. The van der Waals surface area contributed by atoms with E-state index in [1.54, 1.807) is 0 Å². The summed E-state index contributed by atoms with van der Waals surface area (Å²) < 4.78 is 5.32. The van der Waals surface area contributed by atoms with Crippen LogP contribution in [0.4, 0.5) is 0 Å². The lowest BCUT2D eigenvalue weighted by molar-refractivity contribution is 0.0841. The van der Waals surface area contributed by atoms with Crippen LogP contribution in [0.5, 0.6) is 0 Å². The highest BCUT2D eigenvalue weighted by Gasteiger charge is 2.21. The first-order chi connectivity index (χ1) is 7.27. The van der Waals surface area contributed by atoms with Crippen molar-refractivity contribution in [1.82, 2.24) is 10.2 Å². The van der Waals surface area contributed by atoms with E-state index in [4.69, 9.17) is 4.74 Å². The van der Waals surface area contributed by atoms with E-state index in [-0.39, 0.29) is 0 Å². The number of hydrogen-bond acceptors (Lipinski definition) is 3. The number of nitrogens with zero attached hydrogens (tertiary/aromatic N) is 1. The van der Waals surface area contributed by atoms with Crippen LogP contribution >= 0.6 is 0 Å². The van der Waals surface area contributed by atoms with Crippen LogP contribution in [0.15, 0.2) is 0 Å². The molecular weight excluding hydrogens is 188 g/mol. The van der Waals surface area contributed by atoms with Crippen LogP contribution in [0.1, 0.15) is 33.1 Å². The van der Waals surface area contributed by atoms with E-state index in [0.717, 1.165) is 19.7 Å². The summed E-state index contributed by atoms with van der Waals surface area (Å²) in [6.45, 7) is 8.93. The molecule has 90 valence electrons. The molecule has 1 N–H and O–H groups in total. The second kappa shape index (κ2) is 7.20. The Kier molecular flexibility index (Phi) is 6.22. The van der Waals surface area contributed by atoms with Gasteiger partial charge < -0.3 is 10.1 Å². The molecule has 1 fully saturated rings. The number of nitrogens with one attached hydrogen (secondary N) is 1. The molecule has 15 heavy (non-hydrogen) atoms. The van der Waals surface area contributed by atoms with Gasteiger partial charge in [0.1, 0.15) is 0 Å². The van der Waals surface area contributed by atoms with Crippen LogP contribution < -0.4 is 5.32 Å². The molecule has 2 atom stereocenters. The van der Waals surface area contributed by atoms with Crippen molar-refractivity contribution in [3.8, 4) is 0 Å². The summed E-state index contributed by atoms with van der Waals surface area (Å²) in [5.74, 6) is 0. The van der Waals surface area contributed by atoms with Crippen LogP contribution in [-0.2, 0) is 4.74 Å². The monoisotopic (exact) mass is 214 g/mol. The smallest absolute Gasteiger partial charge is 0.0618 e. The second-order valence-electron chi connectivity index (χ2n) is 4.60. The van der Waals surface area contributed by atoms with E-state index in [1.807, 2.05) is 7.11 Å². The molecule has 3 nitrogen and oxygen atoms in total. The van der Waals surface area contributed by atoms with E-state index < -0.39 is 0 Å². The first-order valence-corrected chi connectivity index (χ1v) is 6.24.